The molecule has 0 aliphatic heterocycles. The Labute approximate surface area is 169 Å². The lowest BCUT2D eigenvalue weighted by Crippen LogP contribution is -2.24. The van der Waals surface area contributed by atoms with Crippen molar-refractivity contribution in [2.24, 2.45) is 0 Å². The zero-order valence-corrected chi connectivity index (χ0v) is 17.0. The normalized spacial score (nSPS) is 11.4. The van der Waals surface area contributed by atoms with E-state index >= 15 is 0 Å². The van der Waals surface area contributed by atoms with Crippen LogP contribution in [0.5, 0.6) is 0 Å². The Morgan fingerprint density at radius 1 is 1.25 bits per heavy atom. The minimum Gasteiger partial charge on any atom is -0.425 e. The van der Waals surface area contributed by atoms with Crippen LogP contribution in [0.3, 0.4) is 0 Å². The number of thioether (sulfide) groups is 1. The average Bonchev–Trinajstić information content (AvgIpc) is 3.33. The van der Waals surface area contributed by atoms with Gasteiger partial charge in [0.1, 0.15) is 4.83 Å². The third-order valence-electron chi connectivity index (χ3n) is 4.09. The topological polar surface area (TPSA) is 83.0 Å². The number of aromatic nitrogens is 4. The first-order valence-corrected chi connectivity index (χ1v) is 10.5. The molecule has 7 nitrogen and oxygen atoms in total. The summed E-state index contributed by atoms with van der Waals surface area (Å²) in [7, 11) is 1.61. The van der Waals surface area contributed by atoms with Crippen molar-refractivity contribution >= 4 is 33.3 Å². The minimum atomic E-state index is -0.0651. The summed E-state index contributed by atoms with van der Waals surface area (Å²) in [6.07, 6.45) is 0. The molecule has 3 aromatic heterocycles. The summed E-state index contributed by atoms with van der Waals surface area (Å²) in [5, 5.41) is 9.09. The molecular formula is C19H18N4O3S2. The van der Waals surface area contributed by atoms with Gasteiger partial charge in [0.2, 0.25) is 11.8 Å². The van der Waals surface area contributed by atoms with Crippen LogP contribution in [0.1, 0.15) is 11.8 Å². The Kier molecular flexibility index (Phi) is 5.56. The smallest absolute Gasteiger partial charge is 0.263 e. The summed E-state index contributed by atoms with van der Waals surface area (Å²) in [5.74, 6) is 1.47. The lowest BCUT2D eigenvalue weighted by molar-refractivity contribution is 0.183. The average molecular weight is 415 g/mol. The molecule has 9 heteroatoms. The summed E-state index contributed by atoms with van der Waals surface area (Å²) in [5.41, 5.74) is 1.01. The van der Waals surface area contributed by atoms with Gasteiger partial charge in [-0.1, -0.05) is 42.1 Å². The molecule has 28 heavy (non-hydrogen) atoms. The second-order valence-electron chi connectivity index (χ2n) is 6.04. The maximum Gasteiger partial charge on any atom is 0.263 e. The molecule has 0 spiro atoms. The van der Waals surface area contributed by atoms with Crippen molar-refractivity contribution in [3.05, 3.63) is 58.5 Å². The predicted octanol–water partition coefficient (Wildman–Crippen LogP) is 3.76. The first-order chi connectivity index (χ1) is 13.7. The summed E-state index contributed by atoms with van der Waals surface area (Å²) < 4.78 is 12.3. The highest BCUT2D eigenvalue weighted by atomic mass is 32.2. The van der Waals surface area contributed by atoms with Gasteiger partial charge in [0.05, 0.1) is 24.3 Å². The maximum absolute atomic E-state index is 13.1. The van der Waals surface area contributed by atoms with Crippen LogP contribution in [0.2, 0.25) is 0 Å². The molecule has 4 rings (SSSR count). The molecule has 0 unspecified atom stereocenters. The first-order valence-electron chi connectivity index (χ1n) is 8.66. The van der Waals surface area contributed by atoms with Crippen LogP contribution in [0.4, 0.5) is 0 Å². The Morgan fingerprint density at radius 3 is 2.79 bits per heavy atom. The Hall–Kier alpha value is -2.49. The Morgan fingerprint density at radius 2 is 2.07 bits per heavy atom. The fourth-order valence-corrected chi connectivity index (χ4v) is 4.69. The van der Waals surface area contributed by atoms with Crippen LogP contribution in [0, 0.1) is 6.92 Å². The molecule has 0 saturated heterocycles. The molecular weight excluding hydrogens is 396 g/mol. The number of hydrogen-bond acceptors (Lipinski definition) is 8. The molecule has 0 fully saturated rings. The molecule has 3 heterocycles. The summed E-state index contributed by atoms with van der Waals surface area (Å²) in [6.45, 7) is 2.60. The van der Waals surface area contributed by atoms with Crippen LogP contribution < -0.4 is 5.56 Å². The third kappa shape index (κ3) is 3.87. The van der Waals surface area contributed by atoms with Crippen molar-refractivity contribution in [2.45, 2.75) is 24.4 Å². The summed E-state index contributed by atoms with van der Waals surface area (Å²) in [4.78, 5) is 19.6. The van der Waals surface area contributed by atoms with Crippen LogP contribution in [-0.4, -0.2) is 33.5 Å². The van der Waals surface area contributed by atoms with E-state index in [4.69, 9.17) is 14.1 Å². The van der Waals surface area contributed by atoms with Crippen LogP contribution in [-0.2, 0) is 17.0 Å². The number of thiophene rings is 1. The van der Waals surface area contributed by atoms with Crippen molar-refractivity contribution < 1.29 is 9.15 Å². The second kappa shape index (κ2) is 8.26. The molecule has 4 aromatic rings. The van der Waals surface area contributed by atoms with Gasteiger partial charge in [-0.05, 0) is 11.6 Å². The molecule has 0 aliphatic carbocycles. The van der Waals surface area contributed by atoms with Gasteiger partial charge in [0.15, 0.2) is 5.16 Å². The van der Waals surface area contributed by atoms with Crippen molar-refractivity contribution in [3.63, 3.8) is 0 Å². The van der Waals surface area contributed by atoms with E-state index in [-0.39, 0.29) is 5.56 Å². The van der Waals surface area contributed by atoms with E-state index in [1.165, 1.54) is 23.1 Å². The van der Waals surface area contributed by atoms with Crippen LogP contribution in [0.15, 0.2) is 50.8 Å². The van der Waals surface area contributed by atoms with Gasteiger partial charge >= 0.3 is 0 Å². The van der Waals surface area contributed by atoms with Gasteiger partial charge in [-0.3, -0.25) is 9.36 Å². The minimum absolute atomic E-state index is 0.0651. The maximum atomic E-state index is 13.1. The molecule has 1 aromatic carbocycles. The van der Waals surface area contributed by atoms with Gasteiger partial charge < -0.3 is 9.15 Å². The molecule has 0 amide bonds. The van der Waals surface area contributed by atoms with Gasteiger partial charge in [0.25, 0.3) is 5.56 Å². The van der Waals surface area contributed by atoms with E-state index in [1.807, 2.05) is 36.4 Å². The summed E-state index contributed by atoms with van der Waals surface area (Å²) in [6, 6.07) is 11.9. The van der Waals surface area contributed by atoms with Crippen LogP contribution in [0.25, 0.3) is 20.7 Å². The summed E-state index contributed by atoms with van der Waals surface area (Å²) >= 11 is 2.92. The fourth-order valence-electron chi connectivity index (χ4n) is 2.75. The third-order valence-corrected chi connectivity index (χ3v) is 6.13. The van der Waals surface area contributed by atoms with E-state index in [2.05, 4.69) is 10.2 Å². The predicted molar refractivity (Wildman–Crippen MR) is 110 cm³/mol. The largest absolute Gasteiger partial charge is 0.425 e. The van der Waals surface area contributed by atoms with E-state index in [9.17, 15) is 4.79 Å². The zero-order valence-electron chi connectivity index (χ0n) is 15.4. The number of ether oxygens (including phenoxy) is 1. The van der Waals surface area contributed by atoms with Crippen molar-refractivity contribution in [1.29, 1.82) is 0 Å². The lowest BCUT2D eigenvalue weighted by Gasteiger charge is -2.10. The van der Waals surface area contributed by atoms with E-state index in [0.29, 0.717) is 41.2 Å². The molecule has 144 valence electrons. The van der Waals surface area contributed by atoms with E-state index in [1.54, 1.807) is 18.6 Å². The van der Waals surface area contributed by atoms with Gasteiger partial charge in [-0.25, -0.2) is 4.98 Å². The fraction of sp³-hybridized carbons (Fsp3) is 0.263. The highest BCUT2D eigenvalue weighted by Crippen LogP contribution is 2.32. The lowest BCUT2D eigenvalue weighted by atomic mass is 10.2. The monoisotopic (exact) mass is 414 g/mol. The van der Waals surface area contributed by atoms with Gasteiger partial charge in [0, 0.05) is 18.9 Å². The number of aryl methyl sites for hydroxylation is 1. The zero-order chi connectivity index (χ0) is 19.5. The first kappa shape index (κ1) is 18.9. The van der Waals surface area contributed by atoms with Gasteiger partial charge in [-0.15, -0.1) is 21.5 Å². The molecule has 0 saturated carbocycles. The van der Waals surface area contributed by atoms with Crippen molar-refractivity contribution in [3.8, 4) is 10.4 Å². The number of benzene rings is 1. The van der Waals surface area contributed by atoms with E-state index in [0.717, 1.165) is 15.3 Å². The highest BCUT2D eigenvalue weighted by Gasteiger charge is 2.16. The van der Waals surface area contributed by atoms with Gasteiger partial charge in [-0.2, -0.15) is 0 Å². The molecule has 0 bridgehead atoms. The Balaban J connectivity index is 1.74. The number of rotatable bonds is 7. The van der Waals surface area contributed by atoms with Crippen LogP contribution >= 0.6 is 23.1 Å². The number of hydrogen-bond donors (Lipinski definition) is 0. The molecule has 0 atom stereocenters. The number of nitrogens with zero attached hydrogens (tertiary/aromatic N) is 4. The molecule has 0 radical (unpaired) electrons. The van der Waals surface area contributed by atoms with Crippen molar-refractivity contribution in [1.82, 2.24) is 19.7 Å². The Bertz CT molecular complexity index is 1150. The standard InChI is InChI=1S/C19H18N4O3S2/c1-12-21-22-16(26-12)11-27-19-20-17-14(18(24)23(19)8-9-25-2)10-15(28-17)13-6-4-3-5-7-13/h3-7,10H,8-9,11H2,1-2H3. The molecule has 0 aliphatic rings. The second-order valence-corrected chi connectivity index (χ2v) is 8.02. The van der Waals surface area contributed by atoms with Crippen molar-refractivity contribution in [2.75, 3.05) is 13.7 Å². The molecule has 0 N–H and O–H groups in total. The quantitative estimate of drug-likeness (QED) is 0.336. The van der Waals surface area contributed by atoms with E-state index < -0.39 is 0 Å². The SMILES string of the molecule is COCCn1c(SCc2nnc(C)o2)nc2sc(-c3ccccc3)cc2c1=O. The number of methoxy groups -OCH3 is 1. The number of fused-ring (bicyclic) bond motifs is 1. The highest BCUT2D eigenvalue weighted by molar-refractivity contribution is 7.98.